The molecule has 0 rings (SSSR count). The first-order chi connectivity index (χ1) is 6.60. The molecule has 0 amide bonds. The fraction of sp³-hybridized carbons (Fsp3) is 0.286. The Kier molecular flexibility index (Phi) is 28.6. The van der Waals surface area contributed by atoms with E-state index < -0.39 is 5.97 Å². The van der Waals surface area contributed by atoms with Crippen LogP contribution in [0.2, 0.25) is 0 Å². The van der Waals surface area contributed by atoms with Gasteiger partial charge in [0.05, 0.1) is 13.2 Å². The number of carbonyl (C=O) groups is 1. The Morgan fingerprint density at radius 1 is 1.57 bits per heavy atom. The molecule has 0 saturated heterocycles. The molecule has 0 radical (unpaired) electrons. The molecule has 0 fully saturated rings. The third kappa shape index (κ3) is 92.2. The number of aliphatic hydroxyl groups is 1. The van der Waals surface area contributed by atoms with Crippen LogP contribution in [0.3, 0.4) is 0 Å². The average Bonchev–Trinajstić information content (AvgIpc) is 2.17. The molecule has 7 heteroatoms. The minimum atomic E-state index is -0.981. The minimum Gasteiger partial charge on any atom is -0.478 e. The Balaban J connectivity index is -0.000000138. The summed E-state index contributed by atoms with van der Waals surface area (Å²) >= 11 is 0. The van der Waals surface area contributed by atoms with Crippen molar-refractivity contribution < 1.29 is 24.6 Å². The number of hydrogen-bond donors (Lipinski definition) is 3. The summed E-state index contributed by atoms with van der Waals surface area (Å²) in [6.07, 6.45) is 2.87. The number of carbonyl (C=O) groups excluding carboxylic acids is 2. The van der Waals surface area contributed by atoms with Gasteiger partial charge in [0.15, 0.2) is 0 Å². The molecule has 0 aliphatic carbocycles. The number of carboxylic acid groups (broad SMARTS) is 1. The first-order valence-electron chi connectivity index (χ1n) is 3.14. The summed E-state index contributed by atoms with van der Waals surface area (Å²) in [5.74, 6) is -0.981. The number of nitrogens with zero attached hydrogens (tertiary/aromatic N) is 1. The highest BCUT2D eigenvalue weighted by molar-refractivity contribution is 5.78. The molecule has 0 heterocycles. The zero-order valence-corrected chi connectivity index (χ0v) is 7.27. The molecule has 7 nitrogen and oxygen atoms in total. The fourth-order valence-electron chi connectivity index (χ4n) is 0.0956. The maximum atomic E-state index is 9.25. The molecule has 14 heavy (non-hydrogen) atoms. The van der Waals surface area contributed by atoms with Crippen LogP contribution >= 0.6 is 0 Å². The van der Waals surface area contributed by atoms with Gasteiger partial charge in [0.2, 0.25) is 12.2 Å². The second kappa shape index (κ2) is 22.4. The number of carboxylic acids is 1. The maximum Gasteiger partial charge on any atom is 0.327 e. The lowest BCUT2D eigenvalue weighted by atomic mass is 10.7. The number of aliphatic imine (C=N–C) groups is 1. The van der Waals surface area contributed by atoms with E-state index >= 15 is 0 Å². The van der Waals surface area contributed by atoms with E-state index in [0.29, 0.717) is 0 Å². The zero-order valence-electron chi connectivity index (χ0n) is 7.27. The summed E-state index contributed by atoms with van der Waals surface area (Å²) in [5, 5.41) is 20.9. The Morgan fingerprint density at radius 3 is 2.00 bits per heavy atom. The Bertz CT molecular complexity index is 226. The van der Waals surface area contributed by atoms with Crippen molar-refractivity contribution in [2.45, 2.75) is 0 Å². The van der Waals surface area contributed by atoms with Crippen molar-refractivity contribution in [3.05, 3.63) is 12.7 Å². The van der Waals surface area contributed by atoms with Gasteiger partial charge in [-0.2, -0.15) is 0 Å². The van der Waals surface area contributed by atoms with Gasteiger partial charge >= 0.3 is 5.97 Å². The lowest BCUT2D eigenvalue weighted by Gasteiger charge is -1.72. The first kappa shape index (κ1) is 17.9. The van der Waals surface area contributed by atoms with Crippen LogP contribution in [-0.4, -0.2) is 41.5 Å². The van der Waals surface area contributed by atoms with Crippen molar-refractivity contribution in [1.82, 2.24) is 0 Å². The van der Waals surface area contributed by atoms with E-state index in [1.54, 1.807) is 0 Å². The van der Waals surface area contributed by atoms with Crippen molar-refractivity contribution in [1.29, 1.82) is 5.41 Å². The SMILES string of the molecule is C=CC(=O)O.N=C=O.O=C=NCCO. The van der Waals surface area contributed by atoms with E-state index in [0.717, 1.165) is 12.2 Å². The van der Waals surface area contributed by atoms with Crippen molar-refractivity contribution >= 4 is 18.1 Å². The van der Waals surface area contributed by atoms with E-state index in [4.69, 9.17) is 25.2 Å². The molecule has 0 aliphatic heterocycles. The summed E-state index contributed by atoms with van der Waals surface area (Å²) in [6, 6.07) is 0. The highest BCUT2D eigenvalue weighted by atomic mass is 16.4. The Hall–Kier alpha value is -2.07. The van der Waals surface area contributed by atoms with Crippen LogP contribution in [0.5, 0.6) is 0 Å². The molecule has 0 bridgehead atoms. The fourth-order valence-corrected chi connectivity index (χ4v) is 0.0956. The first-order valence-corrected chi connectivity index (χ1v) is 3.14. The summed E-state index contributed by atoms with van der Waals surface area (Å²) in [7, 11) is 0. The predicted octanol–water partition coefficient (Wildman–Crippen LogP) is -0.528. The number of aliphatic carboxylic acids is 1. The summed E-state index contributed by atoms with van der Waals surface area (Å²) < 4.78 is 0. The van der Waals surface area contributed by atoms with E-state index in [9.17, 15) is 4.79 Å². The van der Waals surface area contributed by atoms with Crippen molar-refractivity contribution in [2.24, 2.45) is 4.99 Å². The van der Waals surface area contributed by atoms with Gasteiger partial charge in [-0.25, -0.2) is 24.8 Å². The lowest BCUT2D eigenvalue weighted by molar-refractivity contribution is -0.131. The third-order valence-electron chi connectivity index (χ3n) is 0.451. The number of isocyanates is 2. The van der Waals surface area contributed by atoms with Crippen LogP contribution in [0.15, 0.2) is 17.6 Å². The standard InChI is InChI=1S/C3H5NO2.C3H4O2.CHNO/c5-2-1-4-3-6;1-2-3(4)5;2-1-3/h5H,1-2H2;2H,1H2,(H,4,5);2H. The van der Waals surface area contributed by atoms with E-state index in [1.807, 2.05) is 0 Å². The zero-order chi connectivity index (χ0) is 11.8. The van der Waals surface area contributed by atoms with Crippen molar-refractivity contribution in [3.8, 4) is 0 Å². The van der Waals surface area contributed by atoms with Gasteiger partial charge in [0.25, 0.3) is 0 Å². The summed E-state index contributed by atoms with van der Waals surface area (Å²) in [4.78, 5) is 29.8. The van der Waals surface area contributed by atoms with E-state index in [1.165, 1.54) is 6.08 Å². The average molecular weight is 202 g/mol. The van der Waals surface area contributed by atoms with Crippen molar-refractivity contribution in [2.75, 3.05) is 13.2 Å². The normalized spacial score (nSPS) is 5.79. The highest BCUT2D eigenvalue weighted by Gasteiger charge is 1.73. The van der Waals surface area contributed by atoms with Crippen LogP contribution in [-0.2, 0) is 14.4 Å². The van der Waals surface area contributed by atoms with E-state index in [-0.39, 0.29) is 13.2 Å². The molecule has 0 unspecified atom stereocenters. The minimum absolute atomic E-state index is 0.0742. The molecule has 0 aliphatic rings. The largest absolute Gasteiger partial charge is 0.478 e. The summed E-state index contributed by atoms with van der Waals surface area (Å²) in [5.41, 5.74) is 0. The molecule has 3 N–H and O–H groups in total. The van der Waals surface area contributed by atoms with E-state index in [2.05, 4.69) is 11.6 Å². The molecule has 0 atom stereocenters. The molecule has 0 aromatic heterocycles. The quantitative estimate of drug-likeness (QED) is 0.322. The molecular weight excluding hydrogens is 192 g/mol. The molecule has 0 spiro atoms. The van der Waals surface area contributed by atoms with Gasteiger partial charge in [-0.3, -0.25) is 0 Å². The number of rotatable bonds is 3. The van der Waals surface area contributed by atoms with Crippen LogP contribution in [0.1, 0.15) is 0 Å². The van der Waals surface area contributed by atoms with Crippen LogP contribution in [0.4, 0.5) is 0 Å². The van der Waals surface area contributed by atoms with Gasteiger partial charge in [0, 0.05) is 6.08 Å². The topological polar surface area (TPSA) is 128 Å². The Morgan fingerprint density at radius 2 is 1.93 bits per heavy atom. The van der Waals surface area contributed by atoms with Crippen LogP contribution in [0.25, 0.3) is 0 Å². The third-order valence-corrected chi connectivity index (χ3v) is 0.451. The smallest absolute Gasteiger partial charge is 0.327 e. The van der Waals surface area contributed by atoms with Gasteiger partial charge in [-0.15, -0.1) is 0 Å². The second-order valence-corrected chi connectivity index (χ2v) is 1.34. The van der Waals surface area contributed by atoms with Gasteiger partial charge < -0.3 is 10.2 Å². The molecule has 0 aromatic carbocycles. The van der Waals surface area contributed by atoms with Crippen LogP contribution < -0.4 is 0 Å². The number of hydrogen-bond acceptors (Lipinski definition) is 6. The van der Waals surface area contributed by atoms with Gasteiger partial charge in [0.1, 0.15) is 0 Å². The lowest BCUT2D eigenvalue weighted by Crippen LogP contribution is -1.83. The maximum absolute atomic E-state index is 9.25. The predicted molar refractivity (Wildman–Crippen MR) is 46.3 cm³/mol. The number of nitrogens with one attached hydrogen (secondary N) is 1. The molecular formula is C7H10N2O5. The van der Waals surface area contributed by atoms with Gasteiger partial charge in [-0.05, 0) is 0 Å². The highest BCUT2D eigenvalue weighted by Crippen LogP contribution is 1.56. The van der Waals surface area contributed by atoms with Gasteiger partial charge in [-0.1, -0.05) is 6.58 Å². The summed E-state index contributed by atoms with van der Waals surface area (Å²) in [6.45, 7) is 3.06. The molecule has 0 aromatic rings. The number of aliphatic hydroxyl groups excluding tert-OH is 1. The second-order valence-electron chi connectivity index (χ2n) is 1.34. The Labute approximate surface area is 79.9 Å². The molecule has 78 valence electrons. The molecule has 0 saturated carbocycles. The van der Waals surface area contributed by atoms with Crippen LogP contribution in [0, 0.1) is 5.41 Å². The monoisotopic (exact) mass is 202 g/mol. The van der Waals surface area contributed by atoms with Crippen molar-refractivity contribution in [3.63, 3.8) is 0 Å².